The SMILES string of the molecule is C1=CC(C2=CC(n3c4c(c5ccccc53)CCC(C3=CC5C(CC3)c3ccccc3N5C3C=CC(C5=CC(C6=CCCC=C6)=CC(C6=CCCC=C6)C5)=CC3)=C4)CC=C2)CC(C2=CCCC=C2)=C1. The number of nitrogens with zero attached hydrogens (tertiary/aromatic N) is 2. The fraction of sp³-hybridized carbons (Fsp3) is 0.303. The molecule has 0 fully saturated rings. The molecule has 0 spiro atoms. The van der Waals surface area contributed by atoms with E-state index in [1.54, 1.807) is 16.7 Å². The van der Waals surface area contributed by atoms with Gasteiger partial charge in [-0.05, 0) is 175 Å². The first-order valence-corrected chi connectivity index (χ1v) is 26.3. The molecule has 13 rings (SSSR count). The number of benzene rings is 2. The Morgan fingerprint density at radius 2 is 1.31 bits per heavy atom. The van der Waals surface area contributed by atoms with Crippen molar-refractivity contribution >= 4 is 22.7 Å². The highest BCUT2D eigenvalue weighted by Gasteiger charge is 2.42. The van der Waals surface area contributed by atoms with Gasteiger partial charge in [0.05, 0.1) is 18.1 Å². The number of aromatic nitrogens is 1. The summed E-state index contributed by atoms with van der Waals surface area (Å²) in [6, 6.07) is 19.6. The highest BCUT2D eigenvalue weighted by molar-refractivity contribution is 5.90. The van der Waals surface area contributed by atoms with Crippen LogP contribution in [0.25, 0.3) is 17.0 Å². The van der Waals surface area contributed by atoms with Gasteiger partial charge in [0.15, 0.2) is 0 Å². The molecule has 0 radical (unpaired) electrons. The van der Waals surface area contributed by atoms with E-state index in [0.717, 1.165) is 83.5 Å². The Morgan fingerprint density at radius 3 is 2.15 bits per heavy atom. The van der Waals surface area contributed by atoms with E-state index in [-0.39, 0.29) is 6.04 Å². The number of hydrogen-bond donors (Lipinski definition) is 0. The molecule has 1 aromatic heterocycles. The summed E-state index contributed by atoms with van der Waals surface area (Å²) in [6.07, 6.45) is 69.7. The molecule has 2 aromatic carbocycles. The van der Waals surface area contributed by atoms with Gasteiger partial charge in [0.1, 0.15) is 0 Å². The van der Waals surface area contributed by atoms with E-state index in [0.29, 0.717) is 29.8 Å². The summed E-state index contributed by atoms with van der Waals surface area (Å²) in [5.41, 5.74) is 22.0. The molecule has 2 nitrogen and oxygen atoms in total. The number of aryl methyl sites for hydroxylation is 1. The molecule has 0 bridgehead atoms. The second kappa shape index (κ2) is 17.9. The minimum atomic E-state index is 0.289. The molecular weight excluding hydrogens is 821 g/mol. The van der Waals surface area contributed by atoms with Crippen molar-refractivity contribution in [1.82, 2.24) is 4.57 Å². The molecule has 1 aliphatic heterocycles. The van der Waals surface area contributed by atoms with Gasteiger partial charge in [-0.1, -0.05) is 164 Å². The van der Waals surface area contributed by atoms with Gasteiger partial charge in [-0.15, -0.1) is 0 Å². The van der Waals surface area contributed by atoms with E-state index in [9.17, 15) is 0 Å². The van der Waals surface area contributed by atoms with Gasteiger partial charge in [-0.25, -0.2) is 0 Å². The second-order valence-corrected chi connectivity index (χ2v) is 20.9. The molecule has 338 valence electrons. The summed E-state index contributed by atoms with van der Waals surface area (Å²) in [5.74, 6) is 1.35. The van der Waals surface area contributed by atoms with Crippen molar-refractivity contribution in [2.75, 3.05) is 4.90 Å². The minimum absolute atomic E-state index is 0.289. The summed E-state index contributed by atoms with van der Waals surface area (Å²) in [7, 11) is 0. The van der Waals surface area contributed by atoms with Crippen LogP contribution in [0, 0.1) is 11.8 Å². The number of para-hydroxylation sites is 2. The Hall–Kier alpha value is -6.38. The third-order valence-corrected chi connectivity index (χ3v) is 16.9. The van der Waals surface area contributed by atoms with Gasteiger partial charge in [0, 0.05) is 40.0 Å². The van der Waals surface area contributed by atoms with Crippen molar-refractivity contribution in [2.45, 2.75) is 114 Å². The van der Waals surface area contributed by atoms with Crippen LogP contribution in [0.3, 0.4) is 0 Å². The summed E-state index contributed by atoms with van der Waals surface area (Å²) in [5, 5.41) is 1.44. The molecule has 10 aliphatic rings. The van der Waals surface area contributed by atoms with Crippen LogP contribution in [0.5, 0.6) is 0 Å². The summed E-state index contributed by atoms with van der Waals surface area (Å²) in [6.45, 7) is 0. The maximum atomic E-state index is 2.81. The Balaban J connectivity index is 0.797. The van der Waals surface area contributed by atoms with Gasteiger partial charge in [0.2, 0.25) is 0 Å². The van der Waals surface area contributed by atoms with Crippen molar-refractivity contribution in [2.24, 2.45) is 11.8 Å². The maximum absolute atomic E-state index is 2.81. The molecule has 2 heteroatoms. The Kier molecular flexibility index (Phi) is 11.0. The first kappa shape index (κ1) is 41.8. The molecule has 9 aliphatic carbocycles. The van der Waals surface area contributed by atoms with E-state index in [1.165, 1.54) is 78.9 Å². The number of hydrogen-bond acceptors (Lipinski definition) is 1. The minimum Gasteiger partial charge on any atom is -0.357 e. The standard InChI is InChI=1S/C66H64N2/c1-4-16-45(17-5-1)49-22-14-23-50(38-49)51-24-15-25-58(42-51)68-64-29-13-11-27-60(64)62-37-33-53(44-66(62)68)52-32-36-61-59-26-10-12-28-63(59)67(65(61)43-52)57-34-30-48(31-35-57)56-40-54(46-18-6-2-7-19-46)39-55(41-56)47-20-8-3-9-21-47/h4,6,8,10-24,26-31,34,39-40,42-44,50,55,57-58,61,65H,1-3,5,7,9,25,32-33,35-38,41H2. The average Bonchev–Trinajstić information content (AvgIpc) is 3.94. The third kappa shape index (κ3) is 7.65. The fourth-order valence-electron chi connectivity index (χ4n) is 13.5. The zero-order chi connectivity index (χ0) is 45.0. The predicted molar refractivity (Wildman–Crippen MR) is 286 cm³/mol. The summed E-state index contributed by atoms with van der Waals surface area (Å²) in [4.78, 5) is 2.81. The topological polar surface area (TPSA) is 8.17 Å². The lowest BCUT2D eigenvalue weighted by molar-refractivity contribution is 0.513. The Bertz CT molecular complexity index is 3100. The van der Waals surface area contributed by atoms with E-state index in [2.05, 4.69) is 192 Å². The normalized spacial score (nSPS) is 28.3. The van der Waals surface area contributed by atoms with Crippen molar-refractivity contribution in [3.8, 4) is 0 Å². The van der Waals surface area contributed by atoms with E-state index in [4.69, 9.17) is 0 Å². The first-order valence-electron chi connectivity index (χ1n) is 26.3. The van der Waals surface area contributed by atoms with E-state index < -0.39 is 0 Å². The maximum Gasteiger partial charge on any atom is 0.0563 e. The summed E-state index contributed by atoms with van der Waals surface area (Å²) < 4.78 is 2.72. The van der Waals surface area contributed by atoms with Crippen molar-refractivity contribution in [3.05, 3.63) is 249 Å². The summed E-state index contributed by atoms with van der Waals surface area (Å²) >= 11 is 0. The third-order valence-electron chi connectivity index (χ3n) is 16.9. The number of fused-ring (bicyclic) bond motifs is 6. The Labute approximate surface area is 404 Å². The second-order valence-electron chi connectivity index (χ2n) is 20.9. The zero-order valence-corrected chi connectivity index (χ0v) is 39.6. The molecule has 2 heterocycles. The van der Waals surface area contributed by atoms with Crippen LogP contribution >= 0.6 is 0 Å². The fourth-order valence-corrected chi connectivity index (χ4v) is 13.5. The molecule has 0 saturated heterocycles. The Morgan fingerprint density at radius 1 is 0.515 bits per heavy atom. The largest absolute Gasteiger partial charge is 0.357 e. The van der Waals surface area contributed by atoms with Crippen molar-refractivity contribution in [1.29, 1.82) is 0 Å². The lowest BCUT2D eigenvalue weighted by Crippen LogP contribution is -2.42. The van der Waals surface area contributed by atoms with Crippen LogP contribution in [0.15, 0.2) is 232 Å². The van der Waals surface area contributed by atoms with Gasteiger partial charge in [-0.3, -0.25) is 0 Å². The molecule has 0 saturated carbocycles. The first-order chi connectivity index (χ1) is 33.7. The van der Waals surface area contributed by atoms with E-state index >= 15 is 0 Å². The van der Waals surface area contributed by atoms with Crippen LogP contribution in [0.1, 0.15) is 112 Å². The van der Waals surface area contributed by atoms with E-state index in [1.807, 2.05) is 0 Å². The van der Waals surface area contributed by atoms with Crippen molar-refractivity contribution < 1.29 is 0 Å². The van der Waals surface area contributed by atoms with Gasteiger partial charge in [-0.2, -0.15) is 0 Å². The van der Waals surface area contributed by atoms with Crippen LogP contribution in [0.4, 0.5) is 5.69 Å². The molecule has 6 atom stereocenters. The monoisotopic (exact) mass is 885 g/mol. The van der Waals surface area contributed by atoms with Crippen LogP contribution in [-0.2, 0) is 6.42 Å². The smallest absolute Gasteiger partial charge is 0.0563 e. The number of allylic oxidation sites excluding steroid dienone is 28. The van der Waals surface area contributed by atoms with Crippen LogP contribution in [0.2, 0.25) is 0 Å². The highest BCUT2D eigenvalue weighted by atomic mass is 15.2. The highest BCUT2D eigenvalue weighted by Crippen LogP contribution is 2.51. The molecule has 6 unspecified atom stereocenters. The molecule has 0 N–H and O–H groups in total. The van der Waals surface area contributed by atoms with Crippen molar-refractivity contribution in [3.63, 3.8) is 0 Å². The molecule has 3 aromatic rings. The average molecular weight is 885 g/mol. The lowest BCUT2D eigenvalue weighted by atomic mass is 9.78. The van der Waals surface area contributed by atoms with Crippen LogP contribution in [-0.4, -0.2) is 16.7 Å². The van der Waals surface area contributed by atoms with Gasteiger partial charge in [0.25, 0.3) is 0 Å². The quantitative estimate of drug-likeness (QED) is 0.219. The lowest BCUT2D eigenvalue weighted by Gasteiger charge is -2.38. The predicted octanol–water partition coefficient (Wildman–Crippen LogP) is 16.6. The molecule has 68 heavy (non-hydrogen) atoms. The van der Waals surface area contributed by atoms with Crippen LogP contribution < -0.4 is 4.90 Å². The molecule has 0 amide bonds. The zero-order valence-electron chi connectivity index (χ0n) is 39.6. The van der Waals surface area contributed by atoms with Gasteiger partial charge >= 0.3 is 0 Å². The number of anilines is 1. The van der Waals surface area contributed by atoms with Gasteiger partial charge < -0.3 is 9.47 Å². The number of rotatable bonds is 8. The molecular formula is C66H64N2.